The van der Waals surface area contributed by atoms with Gasteiger partial charge in [-0.1, -0.05) is 30.3 Å². The SMILES string of the molecule is CC(C)(C)OC(=O)N[C@H](C(=O)O)[C@H]1CCCCN1C(=O)OCc1ccccc1. The molecule has 8 heteroatoms. The first-order chi connectivity index (χ1) is 13.2. The van der Waals surface area contributed by atoms with E-state index in [1.807, 2.05) is 30.3 Å². The Morgan fingerprint density at radius 1 is 1.21 bits per heavy atom. The lowest BCUT2D eigenvalue weighted by atomic mass is 9.96. The number of likely N-dealkylation sites (tertiary alicyclic amines) is 1. The van der Waals surface area contributed by atoms with Gasteiger partial charge >= 0.3 is 18.2 Å². The highest BCUT2D eigenvalue weighted by Crippen LogP contribution is 2.22. The Morgan fingerprint density at radius 3 is 2.50 bits per heavy atom. The second kappa shape index (κ2) is 9.43. The number of nitrogens with one attached hydrogen (secondary N) is 1. The van der Waals surface area contributed by atoms with E-state index in [0.717, 1.165) is 18.4 Å². The average molecular weight is 392 g/mol. The third-order valence-corrected chi connectivity index (χ3v) is 4.31. The molecule has 154 valence electrons. The Labute approximate surface area is 164 Å². The van der Waals surface area contributed by atoms with Crippen LogP contribution in [0.1, 0.15) is 45.6 Å². The van der Waals surface area contributed by atoms with Crippen LogP contribution in [0.25, 0.3) is 0 Å². The number of hydrogen-bond acceptors (Lipinski definition) is 5. The van der Waals surface area contributed by atoms with E-state index in [1.165, 1.54) is 4.90 Å². The van der Waals surface area contributed by atoms with Gasteiger partial charge in [-0.05, 0) is 45.6 Å². The summed E-state index contributed by atoms with van der Waals surface area (Å²) in [5.41, 5.74) is 0.0830. The van der Waals surface area contributed by atoms with Crippen LogP contribution >= 0.6 is 0 Å². The van der Waals surface area contributed by atoms with E-state index < -0.39 is 35.8 Å². The molecule has 0 radical (unpaired) electrons. The Balaban J connectivity index is 2.06. The van der Waals surface area contributed by atoms with Gasteiger partial charge in [-0.25, -0.2) is 14.4 Å². The Kier molecular flexibility index (Phi) is 7.25. The molecule has 1 fully saturated rings. The lowest BCUT2D eigenvalue weighted by molar-refractivity contribution is -0.141. The third kappa shape index (κ3) is 6.44. The Bertz CT molecular complexity index is 686. The summed E-state index contributed by atoms with van der Waals surface area (Å²) in [6.07, 6.45) is 0.532. The molecule has 0 aromatic heterocycles. The summed E-state index contributed by atoms with van der Waals surface area (Å²) in [6, 6.07) is 7.25. The predicted octanol–water partition coefficient (Wildman–Crippen LogP) is 3.16. The monoisotopic (exact) mass is 392 g/mol. The Morgan fingerprint density at radius 2 is 1.89 bits per heavy atom. The van der Waals surface area contributed by atoms with Crippen molar-refractivity contribution in [1.82, 2.24) is 10.2 Å². The summed E-state index contributed by atoms with van der Waals surface area (Å²) < 4.78 is 10.5. The molecule has 28 heavy (non-hydrogen) atoms. The maximum atomic E-state index is 12.6. The number of amides is 2. The van der Waals surface area contributed by atoms with Crippen molar-refractivity contribution >= 4 is 18.2 Å². The van der Waals surface area contributed by atoms with Gasteiger partial charge in [0.05, 0.1) is 6.04 Å². The van der Waals surface area contributed by atoms with Crippen molar-refractivity contribution in [1.29, 1.82) is 0 Å². The van der Waals surface area contributed by atoms with Crippen molar-refractivity contribution in [2.45, 2.75) is 64.3 Å². The molecular weight excluding hydrogens is 364 g/mol. The van der Waals surface area contributed by atoms with E-state index in [9.17, 15) is 19.5 Å². The van der Waals surface area contributed by atoms with E-state index in [1.54, 1.807) is 20.8 Å². The average Bonchev–Trinajstić information content (AvgIpc) is 2.63. The molecule has 2 rings (SSSR count). The number of rotatable bonds is 5. The van der Waals surface area contributed by atoms with Crippen molar-refractivity contribution in [3.8, 4) is 0 Å². The van der Waals surface area contributed by atoms with Crippen LogP contribution in [0, 0.1) is 0 Å². The summed E-state index contributed by atoms with van der Waals surface area (Å²) in [5, 5.41) is 12.0. The molecule has 0 aliphatic carbocycles. The molecule has 1 aromatic rings. The molecule has 1 aromatic carbocycles. The topological polar surface area (TPSA) is 105 Å². The number of carboxylic acid groups (broad SMARTS) is 1. The number of nitrogens with zero attached hydrogens (tertiary/aromatic N) is 1. The van der Waals surface area contributed by atoms with E-state index in [2.05, 4.69) is 5.32 Å². The molecule has 1 aliphatic heterocycles. The largest absolute Gasteiger partial charge is 0.480 e. The van der Waals surface area contributed by atoms with Gasteiger partial charge in [0.15, 0.2) is 6.04 Å². The minimum Gasteiger partial charge on any atom is -0.480 e. The first-order valence-electron chi connectivity index (χ1n) is 9.37. The minimum absolute atomic E-state index is 0.0973. The minimum atomic E-state index is -1.28. The standard InChI is InChI=1S/C20H28N2O6/c1-20(2,3)28-18(25)21-16(17(23)24)15-11-7-8-12-22(15)19(26)27-13-14-9-5-4-6-10-14/h4-6,9-10,15-16H,7-8,11-13H2,1-3H3,(H,21,25)(H,23,24)/t15-,16+/m1/s1. The highest BCUT2D eigenvalue weighted by Gasteiger charge is 2.39. The maximum absolute atomic E-state index is 12.6. The summed E-state index contributed by atoms with van der Waals surface area (Å²) in [7, 11) is 0. The summed E-state index contributed by atoms with van der Waals surface area (Å²) in [5.74, 6) is -1.22. The van der Waals surface area contributed by atoms with Crippen LogP contribution in [0.3, 0.4) is 0 Å². The van der Waals surface area contributed by atoms with Crippen LogP contribution in [0.4, 0.5) is 9.59 Å². The number of carbonyl (C=O) groups is 3. The van der Waals surface area contributed by atoms with Crippen LogP contribution in [0.15, 0.2) is 30.3 Å². The highest BCUT2D eigenvalue weighted by molar-refractivity contribution is 5.82. The van der Waals surface area contributed by atoms with Gasteiger partial charge in [0, 0.05) is 6.54 Å². The number of aliphatic carboxylic acids is 1. The third-order valence-electron chi connectivity index (χ3n) is 4.31. The van der Waals surface area contributed by atoms with E-state index >= 15 is 0 Å². The normalized spacial score (nSPS) is 18.1. The number of hydrogen-bond donors (Lipinski definition) is 2. The lowest BCUT2D eigenvalue weighted by Gasteiger charge is -2.38. The van der Waals surface area contributed by atoms with Gasteiger partial charge in [0.2, 0.25) is 0 Å². The zero-order chi connectivity index (χ0) is 20.7. The van der Waals surface area contributed by atoms with Crippen molar-refractivity contribution < 1.29 is 29.0 Å². The van der Waals surface area contributed by atoms with Gasteiger partial charge < -0.3 is 24.8 Å². The number of carboxylic acids is 1. The van der Waals surface area contributed by atoms with E-state index in [-0.39, 0.29) is 6.61 Å². The molecule has 1 heterocycles. The fourth-order valence-corrected chi connectivity index (χ4v) is 3.09. The van der Waals surface area contributed by atoms with Gasteiger partial charge in [0.25, 0.3) is 0 Å². The smallest absolute Gasteiger partial charge is 0.410 e. The molecule has 2 amide bonds. The van der Waals surface area contributed by atoms with Gasteiger partial charge in [-0.2, -0.15) is 0 Å². The molecule has 0 saturated carbocycles. The van der Waals surface area contributed by atoms with Crippen LogP contribution in [-0.2, 0) is 20.9 Å². The number of benzene rings is 1. The second-order valence-corrected chi connectivity index (χ2v) is 7.76. The van der Waals surface area contributed by atoms with Crippen LogP contribution < -0.4 is 5.32 Å². The second-order valence-electron chi connectivity index (χ2n) is 7.76. The predicted molar refractivity (Wildman–Crippen MR) is 102 cm³/mol. The molecule has 2 atom stereocenters. The molecule has 8 nitrogen and oxygen atoms in total. The van der Waals surface area contributed by atoms with E-state index in [4.69, 9.17) is 9.47 Å². The number of piperidine rings is 1. The molecule has 0 spiro atoms. The fraction of sp³-hybridized carbons (Fsp3) is 0.550. The summed E-state index contributed by atoms with van der Waals surface area (Å²) >= 11 is 0. The first-order valence-corrected chi connectivity index (χ1v) is 9.37. The van der Waals surface area contributed by atoms with Gasteiger partial charge in [0.1, 0.15) is 12.2 Å². The van der Waals surface area contributed by atoms with E-state index in [0.29, 0.717) is 13.0 Å². The zero-order valence-corrected chi connectivity index (χ0v) is 16.5. The van der Waals surface area contributed by atoms with Crippen molar-refractivity contribution in [2.24, 2.45) is 0 Å². The van der Waals surface area contributed by atoms with Crippen molar-refractivity contribution in [3.63, 3.8) is 0 Å². The lowest BCUT2D eigenvalue weighted by Crippen LogP contribution is -2.59. The molecular formula is C20H28N2O6. The molecule has 0 unspecified atom stereocenters. The number of ether oxygens (including phenoxy) is 2. The van der Waals surface area contributed by atoms with Crippen LogP contribution in [0.5, 0.6) is 0 Å². The number of carbonyl (C=O) groups excluding carboxylic acids is 2. The van der Waals surface area contributed by atoms with Gasteiger partial charge in [-0.3, -0.25) is 0 Å². The van der Waals surface area contributed by atoms with Crippen LogP contribution in [0.2, 0.25) is 0 Å². The highest BCUT2D eigenvalue weighted by atomic mass is 16.6. The Hall–Kier alpha value is -2.77. The number of alkyl carbamates (subject to hydrolysis) is 1. The summed E-state index contributed by atoms with van der Waals surface area (Å²) in [4.78, 5) is 37.9. The molecule has 0 bridgehead atoms. The zero-order valence-electron chi connectivity index (χ0n) is 16.5. The maximum Gasteiger partial charge on any atom is 0.410 e. The van der Waals surface area contributed by atoms with Gasteiger partial charge in [-0.15, -0.1) is 0 Å². The summed E-state index contributed by atoms with van der Waals surface area (Å²) in [6.45, 7) is 5.54. The molecule has 1 saturated heterocycles. The molecule has 1 aliphatic rings. The van der Waals surface area contributed by atoms with Crippen LogP contribution in [-0.4, -0.2) is 52.4 Å². The van der Waals surface area contributed by atoms with Crippen molar-refractivity contribution in [2.75, 3.05) is 6.54 Å². The quantitative estimate of drug-likeness (QED) is 0.797. The van der Waals surface area contributed by atoms with Crippen molar-refractivity contribution in [3.05, 3.63) is 35.9 Å². The first kappa shape index (κ1) is 21.5. The fourth-order valence-electron chi connectivity index (χ4n) is 3.09. The molecule has 2 N–H and O–H groups in total.